The molecule has 0 atom stereocenters. The van der Waals surface area contributed by atoms with Gasteiger partial charge in [0.05, 0.1) is 17.6 Å². The third kappa shape index (κ3) is 7.89. The lowest BCUT2D eigenvalue weighted by molar-refractivity contribution is -0.116. The number of nitrogens with zero attached hydrogens (tertiary/aromatic N) is 5. The first kappa shape index (κ1) is 25.3. The van der Waals surface area contributed by atoms with Gasteiger partial charge in [0.2, 0.25) is 5.91 Å². The SMILES string of the molecule is CN(C=Nc1cc(NC(=O)CCN2CCN(C)CC2)ccc1C=O)CC1(O)CCN(C)CC1. The summed E-state index contributed by atoms with van der Waals surface area (Å²) < 4.78 is 0. The van der Waals surface area contributed by atoms with Crippen LogP contribution < -0.4 is 5.32 Å². The minimum absolute atomic E-state index is 0.0516. The number of hydrogen-bond donors (Lipinski definition) is 2. The van der Waals surface area contributed by atoms with Gasteiger partial charge in [0, 0.05) is 77.1 Å². The van der Waals surface area contributed by atoms with Crippen molar-refractivity contribution in [2.24, 2.45) is 4.99 Å². The quantitative estimate of drug-likeness (QED) is 0.326. The van der Waals surface area contributed by atoms with E-state index in [0.29, 0.717) is 29.9 Å². The molecule has 1 aromatic rings. The maximum absolute atomic E-state index is 12.4. The van der Waals surface area contributed by atoms with Crippen molar-refractivity contribution in [2.75, 3.05) is 78.8 Å². The van der Waals surface area contributed by atoms with Gasteiger partial charge in [0.15, 0.2) is 6.29 Å². The Morgan fingerprint density at radius 2 is 1.82 bits per heavy atom. The molecule has 2 aliphatic heterocycles. The van der Waals surface area contributed by atoms with Crippen LogP contribution in [-0.4, -0.2) is 122 Å². The number of amides is 1. The monoisotopic (exact) mass is 458 g/mol. The van der Waals surface area contributed by atoms with Crippen LogP contribution in [0, 0.1) is 0 Å². The zero-order valence-electron chi connectivity index (χ0n) is 20.2. The Kier molecular flexibility index (Phi) is 8.96. The Hall–Kier alpha value is -2.33. The fourth-order valence-electron chi connectivity index (χ4n) is 4.25. The number of nitrogens with one attached hydrogen (secondary N) is 1. The molecule has 0 unspecified atom stereocenters. The molecule has 0 aromatic heterocycles. The molecule has 0 aliphatic carbocycles. The van der Waals surface area contributed by atoms with E-state index in [1.807, 2.05) is 11.9 Å². The first-order chi connectivity index (χ1) is 15.8. The van der Waals surface area contributed by atoms with Crippen LogP contribution in [0.2, 0.25) is 0 Å². The lowest BCUT2D eigenvalue weighted by Crippen LogP contribution is -2.49. The Labute approximate surface area is 197 Å². The normalized spacial score (nSPS) is 20.1. The Bertz CT molecular complexity index is 829. The molecule has 2 N–H and O–H groups in total. The number of aliphatic imine (C=N–C) groups is 1. The number of anilines is 1. The van der Waals surface area contributed by atoms with Crippen molar-refractivity contribution in [1.82, 2.24) is 19.6 Å². The fraction of sp³-hybridized carbons (Fsp3) is 0.625. The number of hydrogen-bond acceptors (Lipinski definition) is 7. The number of likely N-dealkylation sites (N-methyl/N-ethyl adjacent to an activating group) is 2. The van der Waals surface area contributed by atoms with Crippen molar-refractivity contribution in [1.29, 1.82) is 0 Å². The molecule has 0 bridgehead atoms. The maximum atomic E-state index is 12.4. The smallest absolute Gasteiger partial charge is 0.225 e. The summed E-state index contributed by atoms with van der Waals surface area (Å²) in [6.07, 6.45) is 4.26. The molecule has 2 saturated heterocycles. The van der Waals surface area contributed by atoms with Crippen LogP contribution in [-0.2, 0) is 4.79 Å². The van der Waals surface area contributed by atoms with E-state index >= 15 is 0 Å². The standard InChI is InChI=1S/C24H38N6O3/c1-27-10-7-24(33,8-11-27)18-29(3)19-25-22-16-21(5-4-20(22)17-31)26-23(32)6-9-30-14-12-28(2)13-15-30/h4-5,16-17,19,33H,6-15,18H2,1-3H3,(H,26,32). The number of aldehydes is 1. The summed E-state index contributed by atoms with van der Waals surface area (Å²) in [7, 11) is 6.04. The van der Waals surface area contributed by atoms with Crippen molar-refractivity contribution >= 4 is 29.9 Å². The number of carbonyl (C=O) groups is 2. The van der Waals surface area contributed by atoms with Crippen molar-refractivity contribution in [3.8, 4) is 0 Å². The molecule has 9 nitrogen and oxygen atoms in total. The Morgan fingerprint density at radius 3 is 2.48 bits per heavy atom. The van der Waals surface area contributed by atoms with Crippen LogP contribution in [0.1, 0.15) is 29.6 Å². The van der Waals surface area contributed by atoms with Gasteiger partial charge in [-0.05, 0) is 45.1 Å². The summed E-state index contributed by atoms with van der Waals surface area (Å²) in [4.78, 5) is 37.0. The average Bonchev–Trinajstić information content (AvgIpc) is 2.79. The molecule has 0 saturated carbocycles. The second kappa shape index (κ2) is 11.7. The third-order valence-electron chi connectivity index (χ3n) is 6.55. The van der Waals surface area contributed by atoms with Crippen molar-refractivity contribution in [3.63, 3.8) is 0 Å². The number of carbonyl (C=O) groups excluding carboxylic acids is 2. The van der Waals surface area contributed by atoms with Crippen molar-refractivity contribution in [2.45, 2.75) is 24.9 Å². The van der Waals surface area contributed by atoms with Crippen molar-refractivity contribution < 1.29 is 14.7 Å². The topological polar surface area (TPSA) is 91.7 Å². The first-order valence-corrected chi connectivity index (χ1v) is 11.7. The fourth-order valence-corrected chi connectivity index (χ4v) is 4.25. The summed E-state index contributed by atoms with van der Waals surface area (Å²) in [6.45, 7) is 6.97. The highest BCUT2D eigenvalue weighted by Crippen LogP contribution is 2.24. The molecule has 2 aliphatic rings. The van der Waals surface area contributed by atoms with Gasteiger partial charge >= 0.3 is 0 Å². The van der Waals surface area contributed by atoms with E-state index in [9.17, 15) is 14.7 Å². The average molecular weight is 459 g/mol. The molecular weight excluding hydrogens is 420 g/mol. The summed E-state index contributed by atoms with van der Waals surface area (Å²) in [5.74, 6) is -0.0516. The summed E-state index contributed by atoms with van der Waals surface area (Å²) in [5, 5.41) is 13.7. The third-order valence-corrected chi connectivity index (χ3v) is 6.55. The van der Waals surface area contributed by atoms with Crippen LogP contribution in [0.4, 0.5) is 11.4 Å². The van der Waals surface area contributed by atoms with E-state index in [1.54, 1.807) is 24.5 Å². The summed E-state index contributed by atoms with van der Waals surface area (Å²) in [5.41, 5.74) is 0.824. The van der Waals surface area contributed by atoms with Gasteiger partial charge in [-0.25, -0.2) is 4.99 Å². The predicted molar refractivity (Wildman–Crippen MR) is 131 cm³/mol. The lowest BCUT2D eigenvalue weighted by Gasteiger charge is -2.38. The van der Waals surface area contributed by atoms with Crippen molar-refractivity contribution in [3.05, 3.63) is 23.8 Å². The zero-order valence-corrected chi connectivity index (χ0v) is 20.2. The van der Waals surface area contributed by atoms with Gasteiger partial charge in [0.1, 0.15) is 0 Å². The van der Waals surface area contributed by atoms with Crippen LogP contribution >= 0.6 is 0 Å². The first-order valence-electron chi connectivity index (χ1n) is 11.7. The maximum Gasteiger partial charge on any atom is 0.225 e. The van der Waals surface area contributed by atoms with E-state index in [1.165, 1.54) is 0 Å². The summed E-state index contributed by atoms with van der Waals surface area (Å²) >= 11 is 0. The highest BCUT2D eigenvalue weighted by Gasteiger charge is 2.31. The van der Waals surface area contributed by atoms with Gasteiger partial charge in [-0.2, -0.15) is 0 Å². The minimum Gasteiger partial charge on any atom is -0.388 e. The Morgan fingerprint density at radius 1 is 1.15 bits per heavy atom. The molecule has 1 aromatic carbocycles. The van der Waals surface area contributed by atoms with E-state index < -0.39 is 5.60 Å². The largest absolute Gasteiger partial charge is 0.388 e. The number of rotatable bonds is 9. The molecule has 0 spiro atoms. The second-order valence-electron chi connectivity index (χ2n) is 9.52. The molecule has 3 rings (SSSR count). The number of piperazine rings is 1. The number of likely N-dealkylation sites (tertiary alicyclic amines) is 1. The molecule has 182 valence electrons. The van der Waals surface area contributed by atoms with Gasteiger partial charge in [-0.15, -0.1) is 0 Å². The van der Waals surface area contributed by atoms with E-state index in [2.05, 4.69) is 39.1 Å². The van der Waals surface area contributed by atoms with Crippen LogP contribution in [0.5, 0.6) is 0 Å². The number of benzene rings is 1. The van der Waals surface area contributed by atoms with Crippen LogP contribution in [0.25, 0.3) is 0 Å². The molecule has 2 heterocycles. The molecule has 9 heteroatoms. The zero-order chi connectivity index (χ0) is 23.8. The van der Waals surface area contributed by atoms with E-state index in [-0.39, 0.29) is 5.91 Å². The number of aliphatic hydroxyl groups is 1. The lowest BCUT2D eigenvalue weighted by atomic mass is 9.91. The second-order valence-corrected chi connectivity index (χ2v) is 9.52. The number of piperidine rings is 1. The molecule has 33 heavy (non-hydrogen) atoms. The van der Waals surface area contributed by atoms with Gasteiger partial charge in [-0.3, -0.25) is 9.59 Å². The van der Waals surface area contributed by atoms with Crippen LogP contribution in [0.15, 0.2) is 23.2 Å². The highest BCUT2D eigenvalue weighted by atomic mass is 16.3. The van der Waals surface area contributed by atoms with Gasteiger partial charge in [-0.1, -0.05) is 0 Å². The van der Waals surface area contributed by atoms with E-state index in [0.717, 1.165) is 64.9 Å². The summed E-state index contributed by atoms with van der Waals surface area (Å²) in [6, 6.07) is 5.10. The predicted octanol–water partition coefficient (Wildman–Crippen LogP) is 1.12. The molecule has 1 amide bonds. The Balaban J connectivity index is 1.55. The van der Waals surface area contributed by atoms with E-state index in [4.69, 9.17) is 0 Å². The molecule has 0 radical (unpaired) electrons. The van der Waals surface area contributed by atoms with Gasteiger partial charge in [0.25, 0.3) is 0 Å². The highest BCUT2D eigenvalue weighted by molar-refractivity contribution is 5.93. The van der Waals surface area contributed by atoms with Crippen LogP contribution in [0.3, 0.4) is 0 Å². The minimum atomic E-state index is -0.736. The molecular formula is C24H38N6O3. The molecule has 2 fully saturated rings. The van der Waals surface area contributed by atoms with Gasteiger partial charge < -0.3 is 30.0 Å².